The number of aromatic nitrogens is 3. The van der Waals surface area contributed by atoms with Crippen LogP contribution in [0.5, 0.6) is 11.6 Å². The van der Waals surface area contributed by atoms with Crippen LogP contribution < -0.4 is 4.74 Å². The predicted molar refractivity (Wildman–Crippen MR) is 94.7 cm³/mol. The van der Waals surface area contributed by atoms with Gasteiger partial charge >= 0.3 is 0 Å². The average molecular weight is 327 g/mol. The Kier molecular flexibility index (Phi) is 3.88. The van der Waals surface area contributed by atoms with E-state index in [1.165, 1.54) is 0 Å². The van der Waals surface area contributed by atoms with E-state index >= 15 is 0 Å². The van der Waals surface area contributed by atoms with Crippen LogP contribution in [0.1, 0.15) is 10.4 Å². The molecule has 0 bridgehead atoms. The van der Waals surface area contributed by atoms with E-state index in [1.54, 1.807) is 36.7 Å². The molecule has 120 valence electrons. The van der Waals surface area contributed by atoms with Crippen molar-refractivity contribution in [1.82, 2.24) is 15.0 Å². The molecule has 0 unspecified atom stereocenters. The molecule has 0 radical (unpaired) electrons. The third-order valence-corrected chi connectivity index (χ3v) is 3.72. The zero-order chi connectivity index (χ0) is 17.1. The quantitative estimate of drug-likeness (QED) is 0.523. The van der Waals surface area contributed by atoms with Gasteiger partial charge in [0, 0.05) is 23.5 Å². The second-order valence-electron chi connectivity index (χ2n) is 5.40. The van der Waals surface area contributed by atoms with Gasteiger partial charge in [-0.05, 0) is 48.5 Å². The lowest BCUT2D eigenvalue weighted by Gasteiger charge is -2.10. The van der Waals surface area contributed by atoms with Crippen molar-refractivity contribution in [3.63, 3.8) is 0 Å². The molecule has 2 aromatic carbocycles. The Morgan fingerprint density at radius 1 is 0.880 bits per heavy atom. The number of hydrogen-bond donors (Lipinski definition) is 0. The molecule has 4 rings (SSSR count). The fourth-order valence-corrected chi connectivity index (χ4v) is 2.48. The Labute approximate surface area is 144 Å². The van der Waals surface area contributed by atoms with Gasteiger partial charge in [-0.3, -0.25) is 9.78 Å². The third kappa shape index (κ3) is 3.07. The number of hydrogen-bond acceptors (Lipinski definition) is 5. The van der Waals surface area contributed by atoms with Crippen LogP contribution >= 0.6 is 0 Å². The molecule has 5 nitrogen and oxygen atoms in total. The fourth-order valence-electron chi connectivity index (χ4n) is 2.48. The fraction of sp³-hybridized carbons (Fsp3) is 0. The minimum atomic E-state index is 0.461. The van der Waals surface area contributed by atoms with Gasteiger partial charge in [0.25, 0.3) is 0 Å². The van der Waals surface area contributed by atoms with Gasteiger partial charge in [-0.15, -0.1) is 0 Å². The molecule has 0 atom stereocenters. The summed E-state index contributed by atoms with van der Waals surface area (Å²) >= 11 is 0. The van der Waals surface area contributed by atoms with Gasteiger partial charge in [-0.1, -0.05) is 12.1 Å². The Balaban J connectivity index is 1.81. The summed E-state index contributed by atoms with van der Waals surface area (Å²) in [6.45, 7) is 0. The van der Waals surface area contributed by atoms with Crippen molar-refractivity contribution in [1.29, 1.82) is 0 Å². The standard InChI is InChI=1S/C20H13N3O2/c24-13-14-7-9-16(10-8-14)25-20-17-5-1-2-6-18(17)22-19(23-20)15-4-3-11-21-12-15/h1-13H. The molecule has 5 heteroatoms. The van der Waals surface area contributed by atoms with Gasteiger partial charge in [0.1, 0.15) is 12.0 Å². The second-order valence-corrected chi connectivity index (χ2v) is 5.40. The largest absolute Gasteiger partial charge is 0.438 e. The molecule has 2 aromatic heterocycles. The molecular formula is C20H13N3O2. The van der Waals surface area contributed by atoms with Crippen molar-refractivity contribution in [3.05, 3.63) is 78.6 Å². The molecule has 0 saturated heterocycles. The van der Waals surface area contributed by atoms with E-state index in [1.807, 2.05) is 36.4 Å². The van der Waals surface area contributed by atoms with Crippen LogP contribution in [-0.2, 0) is 0 Å². The molecule has 0 fully saturated rings. The molecule has 25 heavy (non-hydrogen) atoms. The number of benzene rings is 2. The maximum atomic E-state index is 10.8. The molecule has 0 spiro atoms. The maximum Gasteiger partial charge on any atom is 0.230 e. The summed E-state index contributed by atoms with van der Waals surface area (Å²) in [5.41, 5.74) is 2.20. The van der Waals surface area contributed by atoms with Crippen LogP contribution in [0, 0.1) is 0 Å². The number of fused-ring (bicyclic) bond motifs is 1. The smallest absolute Gasteiger partial charge is 0.230 e. The number of carbonyl (C=O) groups excluding carboxylic acids is 1. The highest BCUT2D eigenvalue weighted by Gasteiger charge is 2.11. The minimum absolute atomic E-state index is 0.461. The molecule has 0 aliphatic rings. The molecule has 0 N–H and O–H groups in total. The van der Waals surface area contributed by atoms with E-state index in [4.69, 9.17) is 4.74 Å². The van der Waals surface area contributed by atoms with E-state index in [0.717, 1.165) is 22.8 Å². The number of nitrogens with zero attached hydrogens (tertiary/aromatic N) is 3. The van der Waals surface area contributed by atoms with E-state index in [9.17, 15) is 4.79 Å². The molecule has 0 aliphatic carbocycles. The van der Waals surface area contributed by atoms with Crippen LogP contribution in [0.15, 0.2) is 73.1 Å². The Morgan fingerprint density at radius 2 is 1.72 bits per heavy atom. The van der Waals surface area contributed by atoms with Crippen molar-refractivity contribution >= 4 is 17.2 Å². The highest BCUT2D eigenvalue weighted by Crippen LogP contribution is 2.29. The van der Waals surface area contributed by atoms with E-state index in [-0.39, 0.29) is 0 Å². The highest BCUT2D eigenvalue weighted by molar-refractivity contribution is 5.85. The monoisotopic (exact) mass is 327 g/mol. The Hall–Kier alpha value is -3.60. The van der Waals surface area contributed by atoms with Crippen LogP contribution in [0.2, 0.25) is 0 Å². The van der Waals surface area contributed by atoms with Gasteiger partial charge in [0.05, 0.1) is 10.9 Å². The summed E-state index contributed by atoms with van der Waals surface area (Å²) < 4.78 is 5.97. The number of aldehydes is 1. The summed E-state index contributed by atoms with van der Waals surface area (Å²) in [4.78, 5) is 24.1. The minimum Gasteiger partial charge on any atom is -0.438 e. The highest BCUT2D eigenvalue weighted by atomic mass is 16.5. The number of pyridine rings is 1. The van der Waals surface area contributed by atoms with Gasteiger partial charge in [0.2, 0.25) is 5.88 Å². The number of carbonyl (C=O) groups is 1. The van der Waals surface area contributed by atoms with Crippen LogP contribution in [0.4, 0.5) is 0 Å². The molecule has 4 aromatic rings. The average Bonchev–Trinajstić information content (AvgIpc) is 2.69. The molecule has 0 aliphatic heterocycles. The van der Waals surface area contributed by atoms with Crippen LogP contribution in [0.3, 0.4) is 0 Å². The number of para-hydroxylation sites is 1. The van der Waals surface area contributed by atoms with Crippen molar-refractivity contribution in [2.45, 2.75) is 0 Å². The molecule has 0 amide bonds. The first-order valence-electron chi connectivity index (χ1n) is 7.74. The lowest BCUT2D eigenvalue weighted by Crippen LogP contribution is -1.96. The van der Waals surface area contributed by atoms with E-state index < -0.39 is 0 Å². The lowest BCUT2D eigenvalue weighted by molar-refractivity contribution is 0.112. The van der Waals surface area contributed by atoms with Crippen LogP contribution in [-0.4, -0.2) is 21.2 Å². The topological polar surface area (TPSA) is 65.0 Å². The first-order chi connectivity index (χ1) is 12.3. The summed E-state index contributed by atoms with van der Waals surface area (Å²) in [6.07, 6.45) is 4.22. The van der Waals surface area contributed by atoms with Crippen molar-refractivity contribution in [3.8, 4) is 23.0 Å². The van der Waals surface area contributed by atoms with E-state index in [2.05, 4.69) is 15.0 Å². The van der Waals surface area contributed by atoms with Crippen molar-refractivity contribution in [2.75, 3.05) is 0 Å². The second kappa shape index (κ2) is 6.49. The zero-order valence-corrected chi connectivity index (χ0v) is 13.2. The first-order valence-corrected chi connectivity index (χ1v) is 7.74. The number of ether oxygens (including phenoxy) is 1. The zero-order valence-electron chi connectivity index (χ0n) is 13.2. The summed E-state index contributed by atoms with van der Waals surface area (Å²) in [6, 6.07) is 18.3. The number of rotatable bonds is 4. The van der Waals surface area contributed by atoms with Gasteiger partial charge in [0.15, 0.2) is 5.82 Å². The van der Waals surface area contributed by atoms with Crippen molar-refractivity contribution < 1.29 is 9.53 Å². The maximum absolute atomic E-state index is 10.8. The normalized spacial score (nSPS) is 10.6. The predicted octanol–water partition coefficient (Wildman–Crippen LogP) is 4.30. The molecule has 0 saturated carbocycles. The molecule has 2 heterocycles. The van der Waals surface area contributed by atoms with Gasteiger partial charge in [-0.25, -0.2) is 4.98 Å². The first kappa shape index (κ1) is 15.0. The summed E-state index contributed by atoms with van der Waals surface area (Å²) in [5, 5.41) is 0.814. The van der Waals surface area contributed by atoms with Crippen molar-refractivity contribution in [2.24, 2.45) is 0 Å². The van der Waals surface area contributed by atoms with Crippen LogP contribution in [0.25, 0.3) is 22.3 Å². The van der Waals surface area contributed by atoms with Gasteiger partial charge < -0.3 is 4.74 Å². The van der Waals surface area contributed by atoms with Gasteiger partial charge in [-0.2, -0.15) is 4.98 Å². The Morgan fingerprint density at radius 3 is 2.48 bits per heavy atom. The molecular weight excluding hydrogens is 314 g/mol. The SMILES string of the molecule is O=Cc1ccc(Oc2nc(-c3cccnc3)nc3ccccc23)cc1. The lowest BCUT2D eigenvalue weighted by atomic mass is 10.2. The summed E-state index contributed by atoms with van der Waals surface area (Å²) in [5.74, 6) is 1.61. The van der Waals surface area contributed by atoms with E-state index in [0.29, 0.717) is 23.0 Å². The Bertz CT molecular complexity index is 1030. The summed E-state index contributed by atoms with van der Waals surface area (Å²) in [7, 11) is 0. The third-order valence-electron chi connectivity index (χ3n) is 3.72.